The number of anilines is 1. The van der Waals surface area contributed by atoms with E-state index in [1.54, 1.807) is 55.5 Å². The van der Waals surface area contributed by atoms with Crippen LogP contribution in [0.25, 0.3) is 0 Å². The van der Waals surface area contributed by atoms with Gasteiger partial charge >= 0.3 is 0 Å². The van der Waals surface area contributed by atoms with Gasteiger partial charge in [-0.05, 0) is 35.9 Å². The van der Waals surface area contributed by atoms with E-state index in [1.807, 2.05) is 6.07 Å². The number of nitriles is 1. The molecule has 1 atom stereocenters. The number of hydrogen-bond donors (Lipinski definition) is 2. The van der Waals surface area contributed by atoms with Crippen molar-refractivity contribution >= 4 is 29.1 Å². The van der Waals surface area contributed by atoms with Crippen LogP contribution in [0, 0.1) is 11.3 Å². The van der Waals surface area contributed by atoms with E-state index in [0.717, 1.165) is 0 Å². The van der Waals surface area contributed by atoms with E-state index in [2.05, 4.69) is 10.6 Å². The average Bonchev–Trinajstić information content (AvgIpc) is 2.59. The second kappa shape index (κ2) is 8.14. The molecule has 0 aromatic heterocycles. The maximum atomic E-state index is 12.4. The Balaban J connectivity index is 2.15. The zero-order valence-electron chi connectivity index (χ0n) is 13.0. The molecule has 0 heterocycles. The lowest BCUT2D eigenvalue weighted by Gasteiger charge is -2.13. The molecule has 0 spiro atoms. The third-order valence-corrected chi connectivity index (χ3v) is 3.55. The maximum Gasteiger partial charge on any atom is 0.252 e. The summed E-state index contributed by atoms with van der Waals surface area (Å²) < 4.78 is 0. The van der Waals surface area contributed by atoms with Crippen molar-refractivity contribution in [2.24, 2.45) is 0 Å². The molecule has 122 valence electrons. The Hall–Kier alpha value is -2.84. The van der Waals surface area contributed by atoms with Gasteiger partial charge in [0.2, 0.25) is 5.91 Å². The summed E-state index contributed by atoms with van der Waals surface area (Å²) in [6.07, 6.45) is 0.349. The van der Waals surface area contributed by atoms with E-state index in [4.69, 9.17) is 11.6 Å². The predicted octanol–water partition coefficient (Wildman–Crippen LogP) is 3.68. The second-order valence-electron chi connectivity index (χ2n) is 5.07. The molecule has 2 N–H and O–H groups in total. The van der Waals surface area contributed by atoms with Gasteiger partial charge in [-0.25, -0.2) is 0 Å². The van der Waals surface area contributed by atoms with Crippen LogP contribution in [0.5, 0.6) is 0 Å². The first-order chi connectivity index (χ1) is 11.5. The normalized spacial score (nSPS) is 11.2. The van der Waals surface area contributed by atoms with E-state index >= 15 is 0 Å². The van der Waals surface area contributed by atoms with Gasteiger partial charge in [-0.3, -0.25) is 9.59 Å². The molecule has 2 amide bonds. The molecule has 2 rings (SSSR count). The summed E-state index contributed by atoms with van der Waals surface area (Å²) in [4.78, 5) is 23.8. The first kappa shape index (κ1) is 17.5. The minimum absolute atomic E-state index is 0.138. The summed E-state index contributed by atoms with van der Waals surface area (Å²) in [5, 5.41) is 15.1. The number of rotatable bonds is 5. The lowest BCUT2D eigenvalue weighted by molar-refractivity contribution is -0.115. The van der Waals surface area contributed by atoms with Gasteiger partial charge in [-0.2, -0.15) is 5.26 Å². The van der Waals surface area contributed by atoms with Crippen molar-refractivity contribution in [3.8, 4) is 6.07 Å². The van der Waals surface area contributed by atoms with Crippen LogP contribution >= 0.6 is 11.6 Å². The number of nitrogens with one attached hydrogen (secondary N) is 2. The SMILES string of the molecule is CCC(=O)Nc1cccc(C(=O)N[C@@H](C#N)c2cccc(Cl)c2)c1. The summed E-state index contributed by atoms with van der Waals surface area (Å²) in [5.74, 6) is -0.546. The van der Waals surface area contributed by atoms with E-state index in [-0.39, 0.29) is 5.91 Å². The Morgan fingerprint density at radius 1 is 1.21 bits per heavy atom. The first-order valence-electron chi connectivity index (χ1n) is 7.39. The number of amides is 2. The topological polar surface area (TPSA) is 82.0 Å². The quantitative estimate of drug-likeness (QED) is 0.870. The van der Waals surface area contributed by atoms with Gasteiger partial charge in [0.05, 0.1) is 6.07 Å². The smallest absolute Gasteiger partial charge is 0.252 e. The van der Waals surface area contributed by atoms with E-state index in [9.17, 15) is 14.9 Å². The number of halogens is 1. The van der Waals surface area contributed by atoms with Crippen molar-refractivity contribution in [2.75, 3.05) is 5.32 Å². The minimum atomic E-state index is -0.815. The Morgan fingerprint density at radius 2 is 1.96 bits per heavy atom. The number of carbonyl (C=O) groups is 2. The Labute approximate surface area is 145 Å². The highest BCUT2D eigenvalue weighted by atomic mass is 35.5. The number of hydrogen-bond acceptors (Lipinski definition) is 3. The van der Waals surface area contributed by atoms with Gasteiger partial charge in [0, 0.05) is 22.7 Å². The average molecular weight is 342 g/mol. The minimum Gasteiger partial charge on any atom is -0.332 e. The number of nitrogens with zero attached hydrogens (tertiary/aromatic N) is 1. The highest BCUT2D eigenvalue weighted by Gasteiger charge is 2.16. The van der Waals surface area contributed by atoms with Gasteiger partial charge in [0.25, 0.3) is 5.91 Å². The largest absolute Gasteiger partial charge is 0.332 e. The molecule has 0 fully saturated rings. The van der Waals surface area contributed by atoms with Crippen LogP contribution in [0.15, 0.2) is 48.5 Å². The predicted molar refractivity (Wildman–Crippen MR) is 92.6 cm³/mol. The summed E-state index contributed by atoms with van der Waals surface area (Å²) in [6.45, 7) is 1.74. The van der Waals surface area contributed by atoms with Crippen LogP contribution in [0.3, 0.4) is 0 Å². The van der Waals surface area contributed by atoms with Crippen molar-refractivity contribution in [3.63, 3.8) is 0 Å². The molecule has 0 bridgehead atoms. The standard InChI is InChI=1S/C18H16ClN3O2/c1-2-17(23)21-15-8-4-6-13(10-15)18(24)22-16(11-20)12-5-3-7-14(19)9-12/h3-10,16H,2H2,1H3,(H,21,23)(H,22,24)/t16-/m0/s1. The fourth-order valence-electron chi connectivity index (χ4n) is 2.08. The third kappa shape index (κ3) is 4.58. The van der Waals surface area contributed by atoms with Crippen LogP contribution in [-0.4, -0.2) is 11.8 Å². The summed E-state index contributed by atoms with van der Waals surface area (Å²) in [5.41, 5.74) is 1.49. The third-order valence-electron chi connectivity index (χ3n) is 3.32. The molecule has 2 aromatic rings. The summed E-state index contributed by atoms with van der Waals surface area (Å²) in [6, 6.07) is 14.5. The monoisotopic (exact) mass is 341 g/mol. The highest BCUT2D eigenvalue weighted by Crippen LogP contribution is 2.18. The van der Waals surface area contributed by atoms with Gasteiger partial charge in [-0.15, -0.1) is 0 Å². The van der Waals surface area contributed by atoms with Gasteiger partial charge < -0.3 is 10.6 Å². The molecule has 5 nitrogen and oxygen atoms in total. The molecular weight excluding hydrogens is 326 g/mol. The van der Waals surface area contributed by atoms with Gasteiger partial charge in [-0.1, -0.05) is 36.7 Å². The first-order valence-corrected chi connectivity index (χ1v) is 7.77. The zero-order chi connectivity index (χ0) is 17.5. The van der Waals surface area contributed by atoms with E-state index in [1.165, 1.54) is 0 Å². The van der Waals surface area contributed by atoms with Gasteiger partial charge in [0.1, 0.15) is 6.04 Å². The van der Waals surface area contributed by atoms with Crippen molar-refractivity contribution < 1.29 is 9.59 Å². The fourth-order valence-corrected chi connectivity index (χ4v) is 2.28. The lowest BCUT2D eigenvalue weighted by atomic mass is 10.1. The molecule has 0 aliphatic heterocycles. The molecular formula is C18H16ClN3O2. The highest BCUT2D eigenvalue weighted by molar-refractivity contribution is 6.30. The summed E-state index contributed by atoms with van der Waals surface area (Å²) >= 11 is 5.92. The fraction of sp³-hybridized carbons (Fsp3) is 0.167. The maximum absolute atomic E-state index is 12.4. The lowest BCUT2D eigenvalue weighted by Crippen LogP contribution is -2.27. The van der Waals surface area contributed by atoms with Crippen molar-refractivity contribution in [1.82, 2.24) is 5.32 Å². The molecule has 0 aliphatic carbocycles. The molecule has 0 unspecified atom stereocenters. The van der Waals surface area contributed by atoms with E-state index in [0.29, 0.717) is 28.3 Å². The van der Waals surface area contributed by atoms with Gasteiger partial charge in [0.15, 0.2) is 0 Å². The Morgan fingerprint density at radius 3 is 2.62 bits per heavy atom. The zero-order valence-corrected chi connectivity index (χ0v) is 13.8. The van der Waals surface area contributed by atoms with Crippen LogP contribution in [-0.2, 0) is 4.79 Å². The van der Waals surface area contributed by atoms with Crippen LogP contribution in [0.4, 0.5) is 5.69 Å². The second-order valence-corrected chi connectivity index (χ2v) is 5.51. The molecule has 0 radical (unpaired) electrons. The molecule has 0 aliphatic rings. The number of carbonyl (C=O) groups excluding carboxylic acids is 2. The molecule has 0 saturated heterocycles. The summed E-state index contributed by atoms with van der Waals surface area (Å²) in [7, 11) is 0. The molecule has 24 heavy (non-hydrogen) atoms. The van der Waals surface area contributed by atoms with Crippen LogP contribution in [0.1, 0.15) is 35.3 Å². The molecule has 0 saturated carbocycles. The van der Waals surface area contributed by atoms with Crippen LogP contribution in [0.2, 0.25) is 5.02 Å². The van der Waals surface area contributed by atoms with Crippen molar-refractivity contribution in [1.29, 1.82) is 5.26 Å². The van der Waals surface area contributed by atoms with Crippen LogP contribution < -0.4 is 10.6 Å². The molecule has 2 aromatic carbocycles. The molecule has 6 heteroatoms. The van der Waals surface area contributed by atoms with Crippen molar-refractivity contribution in [3.05, 3.63) is 64.7 Å². The van der Waals surface area contributed by atoms with Crippen molar-refractivity contribution in [2.45, 2.75) is 19.4 Å². The Bertz CT molecular complexity index is 799. The Kier molecular flexibility index (Phi) is 5.94. The van der Waals surface area contributed by atoms with E-state index < -0.39 is 11.9 Å². The number of benzene rings is 2.